The van der Waals surface area contributed by atoms with E-state index in [1.54, 1.807) is 0 Å². The van der Waals surface area contributed by atoms with Gasteiger partial charge in [-0.15, -0.1) is 0 Å². The summed E-state index contributed by atoms with van der Waals surface area (Å²) in [6.45, 7) is 31.0. The van der Waals surface area contributed by atoms with Crippen molar-refractivity contribution in [1.82, 2.24) is 9.55 Å². The molecule has 0 fully saturated rings. The molecule has 0 atom stereocenters. The molecule has 73 heavy (non-hydrogen) atoms. The smallest absolute Gasteiger partial charge is 0.137 e. The molecular weight excluding hydrogens is 889 g/mol. The second-order valence-electron chi connectivity index (χ2n) is 24.3. The van der Waals surface area contributed by atoms with E-state index in [0.717, 1.165) is 39.4 Å². The Bertz CT molecular complexity index is 3440. The number of benzene rings is 7. The average Bonchev–Trinajstić information content (AvgIpc) is 3.95. The summed E-state index contributed by atoms with van der Waals surface area (Å²) in [6, 6.07) is 66.2. The molecule has 0 unspecified atom stereocenters. The van der Waals surface area contributed by atoms with Gasteiger partial charge in [0.15, 0.2) is 0 Å². The van der Waals surface area contributed by atoms with E-state index in [-0.39, 0.29) is 27.1 Å². The zero-order chi connectivity index (χ0) is 51.7. The van der Waals surface area contributed by atoms with Crippen molar-refractivity contribution in [3.8, 4) is 28.4 Å². The predicted octanol–water partition coefficient (Wildman–Crippen LogP) is 18.2. The molecule has 1 aliphatic heterocycles. The van der Waals surface area contributed by atoms with Gasteiger partial charge < -0.3 is 14.5 Å². The molecule has 2 aromatic heterocycles. The minimum Gasteiger partial charge on any atom is -0.457 e. The Kier molecular flexibility index (Phi) is 12.3. The van der Waals surface area contributed by atoms with Crippen molar-refractivity contribution < 1.29 is 4.74 Å². The van der Waals surface area contributed by atoms with Crippen molar-refractivity contribution in [1.29, 1.82) is 0 Å². The van der Waals surface area contributed by atoms with E-state index in [1.165, 1.54) is 61.4 Å². The van der Waals surface area contributed by atoms with E-state index in [4.69, 9.17) is 9.72 Å². The Morgan fingerprint density at radius 3 is 1.52 bits per heavy atom. The summed E-state index contributed by atoms with van der Waals surface area (Å²) in [5.41, 5.74) is 14.9. The minimum absolute atomic E-state index is 0.0379. The lowest BCUT2D eigenvalue weighted by Gasteiger charge is -2.36. The van der Waals surface area contributed by atoms with Crippen LogP contribution in [0, 0.1) is 10.8 Å². The van der Waals surface area contributed by atoms with Crippen molar-refractivity contribution in [2.45, 2.75) is 106 Å². The number of nitrogens with zero attached hydrogens (tertiary/aromatic N) is 4. The second kappa shape index (κ2) is 18.3. The van der Waals surface area contributed by atoms with Crippen molar-refractivity contribution in [2.75, 3.05) is 16.5 Å². The molecule has 370 valence electrons. The fraction of sp³-hybridized carbons (Fsp3) is 0.279. The number of aromatic nitrogens is 2. The summed E-state index contributed by atoms with van der Waals surface area (Å²) in [5, 5.41) is 2.32. The Labute approximate surface area is 434 Å². The highest BCUT2D eigenvalue weighted by Gasteiger charge is 2.43. The summed E-state index contributed by atoms with van der Waals surface area (Å²) >= 11 is 0. The summed E-state index contributed by atoms with van der Waals surface area (Å²) in [5.74, 6) is 2.43. The molecule has 0 saturated carbocycles. The highest BCUT2D eigenvalue weighted by Crippen LogP contribution is 2.50. The largest absolute Gasteiger partial charge is 0.457 e. The number of allylic oxidation sites excluding steroid dienone is 2. The Balaban J connectivity index is 1.07. The monoisotopic (exact) mass is 961 g/mol. The summed E-state index contributed by atoms with van der Waals surface area (Å²) in [7, 11) is 0. The van der Waals surface area contributed by atoms with Crippen LogP contribution in [0.15, 0.2) is 200 Å². The fourth-order valence-electron chi connectivity index (χ4n) is 11.0. The van der Waals surface area contributed by atoms with Gasteiger partial charge in [-0.1, -0.05) is 199 Å². The Morgan fingerprint density at radius 2 is 0.945 bits per heavy atom. The number of anilines is 2. The van der Waals surface area contributed by atoms with Gasteiger partial charge in [-0.05, 0) is 105 Å². The average molecular weight is 961 g/mol. The lowest BCUT2D eigenvalue weighted by Crippen LogP contribution is -2.32. The normalized spacial score (nSPS) is 13.9. The van der Waals surface area contributed by atoms with Crippen molar-refractivity contribution in [2.24, 2.45) is 10.8 Å². The van der Waals surface area contributed by atoms with Gasteiger partial charge in [0, 0.05) is 73.5 Å². The molecule has 7 aromatic carbocycles. The molecular formula is C68H72N4O. The highest BCUT2D eigenvalue weighted by molar-refractivity contribution is 6.10. The van der Waals surface area contributed by atoms with Crippen LogP contribution >= 0.6 is 0 Å². The van der Waals surface area contributed by atoms with Gasteiger partial charge in [0.05, 0.1) is 17.7 Å². The van der Waals surface area contributed by atoms with Crippen LogP contribution in [-0.4, -0.2) is 16.2 Å². The quantitative estimate of drug-likeness (QED) is 0.137. The van der Waals surface area contributed by atoms with Crippen molar-refractivity contribution in [3.05, 3.63) is 227 Å². The van der Waals surface area contributed by atoms with Gasteiger partial charge in [-0.2, -0.15) is 0 Å². The third-order valence-electron chi connectivity index (χ3n) is 15.2. The maximum Gasteiger partial charge on any atom is 0.137 e. The first-order chi connectivity index (χ1) is 34.6. The van der Waals surface area contributed by atoms with Crippen molar-refractivity contribution >= 4 is 33.2 Å². The molecule has 0 bridgehead atoms. The Hall–Kier alpha value is -7.37. The predicted molar refractivity (Wildman–Crippen MR) is 309 cm³/mol. The van der Waals surface area contributed by atoms with E-state index < -0.39 is 0 Å². The molecule has 0 amide bonds. The van der Waals surface area contributed by atoms with E-state index in [1.807, 2.05) is 6.20 Å². The first-order valence-electron chi connectivity index (χ1n) is 26.0. The van der Waals surface area contributed by atoms with Crippen LogP contribution in [0.3, 0.4) is 0 Å². The maximum atomic E-state index is 6.97. The summed E-state index contributed by atoms with van der Waals surface area (Å²) in [4.78, 5) is 10.1. The molecule has 9 aromatic rings. The summed E-state index contributed by atoms with van der Waals surface area (Å²) < 4.78 is 9.27. The van der Waals surface area contributed by atoms with E-state index >= 15 is 0 Å². The summed E-state index contributed by atoms with van der Waals surface area (Å²) in [6.07, 6.45) is 1.94. The van der Waals surface area contributed by atoms with E-state index in [9.17, 15) is 0 Å². The van der Waals surface area contributed by atoms with Gasteiger partial charge in [0.25, 0.3) is 0 Å². The van der Waals surface area contributed by atoms with Gasteiger partial charge in [-0.25, -0.2) is 4.98 Å². The van der Waals surface area contributed by atoms with Gasteiger partial charge in [0.1, 0.15) is 17.3 Å². The zero-order valence-electron chi connectivity index (χ0n) is 45.3. The van der Waals surface area contributed by atoms with Crippen LogP contribution in [-0.2, 0) is 16.2 Å². The molecule has 5 heteroatoms. The number of fused-ring (bicyclic) bond motifs is 3. The van der Waals surface area contributed by atoms with Crippen LogP contribution in [0.1, 0.15) is 118 Å². The van der Waals surface area contributed by atoms with Crippen LogP contribution in [0.4, 0.5) is 11.4 Å². The van der Waals surface area contributed by atoms with Crippen LogP contribution in [0.5, 0.6) is 11.5 Å². The molecule has 0 spiro atoms. The first-order valence-corrected chi connectivity index (χ1v) is 26.0. The highest BCUT2D eigenvalue weighted by atomic mass is 16.5. The van der Waals surface area contributed by atoms with Crippen molar-refractivity contribution in [3.63, 3.8) is 0 Å². The minimum atomic E-state index is -0.252. The van der Waals surface area contributed by atoms with Gasteiger partial charge in [-0.3, -0.25) is 4.57 Å². The molecule has 3 heterocycles. The lowest BCUT2D eigenvalue weighted by molar-refractivity contribution is 0.444. The SMILES string of the molecule is CC(C)(C)C1=C(C(C)(C)C)N(c2cc(C(C)(C)c3ccccc3)cc(C(C)(C)c3ccccc3)c2)CN1c1cccc(Oc2ccc3c4cc(-c5ccccc5)ccc4n(-c4cc(C(C)(C)C)ccn4)c3c2)c1. The molecule has 0 saturated heterocycles. The number of rotatable bonds is 10. The second-order valence-corrected chi connectivity index (χ2v) is 24.3. The third kappa shape index (κ3) is 9.35. The third-order valence-corrected chi connectivity index (χ3v) is 15.2. The fourth-order valence-corrected chi connectivity index (χ4v) is 11.0. The van der Waals surface area contributed by atoms with Crippen LogP contribution in [0.2, 0.25) is 0 Å². The zero-order valence-corrected chi connectivity index (χ0v) is 45.3. The molecule has 10 rings (SSSR count). The van der Waals surface area contributed by atoms with Crippen LogP contribution < -0.4 is 14.5 Å². The molecule has 1 aliphatic rings. The topological polar surface area (TPSA) is 33.5 Å². The van der Waals surface area contributed by atoms with Gasteiger partial charge in [0.2, 0.25) is 0 Å². The van der Waals surface area contributed by atoms with Gasteiger partial charge >= 0.3 is 0 Å². The standard InChI is InChI=1S/C68H72N4O/c1-64(2,3)50-36-37-69-61(42-50)72-59-35-32-47(46-24-17-14-18-25-46)38-58(59)57-34-33-56(44-60(57)72)73-55-31-23-30-53(43-55)70-45-71(63(66(7,8)9)62(70)65(4,5)6)54-40-51(67(10,11)48-26-19-15-20-27-48)39-52(41-54)68(12,13)49-28-21-16-22-29-49/h14-44H,45H2,1-13H3. The lowest BCUT2D eigenvalue weighted by atomic mass is 9.73. The Morgan fingerprint density at radius 1 is 0.384 bits per heavy atom. The van der Waals surface area contributed by atoms with E-state index in [2.05, 4.69) is 286 Å². The molecule has 0 N–H and O–H groups in total. The number of pyridine rings is 1. The number of hydrogen-bond donors (Lipinski definition) is 0. The molecule has 0 aliphatic carbocycles. The number of ether oxygens (including phenoxy) is 1. The number of hydrogen-bond acceptors (Lipinski definition) is 4. The molecule has 0 radical (unpaired) electrons. The molecule has 5 nitrogen and oxygen atoms in total. The van der Waals surface area contributed by atoms with E-state index in [0.29, 0.717) is 6.67 Å². The maximum absolute atomic E-state index is 6.97. The first kappa shape index (κ1) is 49.2. The van der Waals surface area contributed by atoms with Crippen LogP contribution in [0.25, 0.3) is 38.8 Å².